The molecule has 1 aromatic carbocycles. The van der Waals surface area contributed by atoms with E-state index >= 15 is 0 Å². The molecule has 0 aliphatic carbocycles. The molecule has 0 spiro atoms. The Hall–Kier alpha value is -1.27. The zero-order valence-electron chi connectivity index (χ0n) is 10.3. The summed E-state index contributed by atoms with van der Waals surface area (Å²) in [5.74, 6) is -0.735. The number of benzene rings is 1. The van der Waals surface area contributed by atoms with E-state index in [0.717, 1.165) is 27.6 Å². The van der Waals surface area contributed by atoms with Gasteiger partial charge in [-0.1, -0.05) is 11.8 Å². The van der Waals surface area contributed by atoms with Crippen LogP contribution in [0.25, 0.3) is 10.2 Å². The highest BCUT2D eigenvalue weighted by atomic mass is 32.2. The first-order valence-electron chi connectivity index (χ1n) is 6.22. The van der Waals surface area contributed by atoms with Crippen molar-refractivity contribution in [2.45, 2.75) is 17.2 Å². The molecule has 1 fully saturated rings. The number of fused-ring (bicyclic) bond motifs is 1. The molecule has 1 saturated heterocycles. The van der Waals surface area contributed by atoms with E-state index in [1.807, 2.05) is 6.07 Å². The Morgan fingerprint density at radius 3 is 2.95 bits per heavy atom. The SMILES string of the molecule is O=C(O)CSc1nc2ccc(N3CCCC3)cc2s1. The summed E-state index contributed by atoms with van der Waals surface area (Å²) in [6.07, 6.45) is 2.53. The molecule has 0 amide bonds. The van der Waals surface area contributed by atoms with Crippen molar-refractivity contribution < 1.29 is 9.90 Å². The van der Waals surface area contributed by atoms with Crippen LogP contribution in [0, 0.1) is 0 Å². The minimum Gasteiger partial charge on any atom is -0.481 e. The van der Waals surface area contributed by atoms with Gasteiger partial charge in [0.15, 0.2) is 4.34 Å². The number of aliphatic carboxylic acids is 1. The molecule has 2 aromatic rings. The summed E-state index contributed by atoms with van der Waals surface area (Å²) in [7, 11) is 0. The molecule has 6 heteroatoms. The van der Waals surface area contributed by atoms with Crippen molar-refractivity contribution in [2.75, 3.05) is 23.7 Å². The van der Waals surface area contributed by atoms with Crippen molar-refractivity contribution >= 4 is 45.0 Å². The van der Waals surface area contributed by atoms with Crippen molar-refractivity contribution in [3.63, 3.8) is 0 Å². The quantitative estimate of drug-likeness (QED) is 0.878. The lowest BCUT2D eigenvalue weighted by Gasteiger charge is -2.16. The molecule has 100 valence electrons. The summed E-state index contributed by atoms with van der Waals surface area (Å²) in [5, 5.41) is 8.69. The normalized spacial score (nSPS) is 15.3. The Morgan fingerprint density at radius 2 is 2.21 bits per heavy atom. The van der Waals surface area contributed by atoms with E-state index in [9.17, 15) is 4.79 Å². The molecule has 4 nitrogen and oxygen atoms in total. The highest BCUT2D eigenvalue weighted by Gasteiger charge is 2.14. The summed E-state index contributed by atoms with van der Waals surface area (Å²) in [5.41, 5.74) is 2.21. The van der Waals surface area contributed by atoms with E-state index < -0.39 is 5.97 Å². The van der Waals surface area contributed by atoms with Gasteiger partial charge in [-0.05, 0) is 31.0 Å². The third kappa shape index (κ3) is 2.84. The number of hydrogen-bond acceptors (Lipinski definition) is 5. The fourth-order valence-electron chi connectivity index (χ4n) is 2.25. The second kappa shape index (κ2) is 5.38. The first-order chi connectivity index (χ1) is 9.22. The molecule has 1 aromatic heterocycles. The van der Waals surface area contributed by atoms with Gasteiger partial charge in [-0.15, -0.1) is 11.3 Å². The number of hydrogen-bond donors (Lipinski definition) is 1. The average molecular weight is 294 g/mol. The summed E-state index contributed by atoms with van der Waals surface area (Å²) in [6, 6.07) is 6.31. The van der Waals surface area contributed by atoms with Crippen LogP contribution in [0.2, 0.25) is 0 Å². The van der Waals surface area contributed by atoms with Gasteiger partial charge in [-0.3, -0.25) is 4.79 Å². The van der Waals surface area contributed by atoms with Crippen LogP contribution in [0.5, 0.6) is 0 Å². The largest absolute Gasteiger partial charge is 0.481 e. The monoisotopic (exact) mass is 294 g/mol. The summed E-state index contributed by atoms with van der Waals surface area (Å²) in [4.78, 5) is 17.4. The second-order valence-corrected chi connectivity index (χ2v) is 6.76. The smallest absolute Gasteiger partial charge is 0.313 e. The number of carboxylic acids is 1. The molecule has 1 N–H and O–H groups in total. The lowest BCUT2D eigenvalue weighted by atomic mass is 10.3. The van der Waals surface area contributed by atoms with Gasteiger partial charge in [0.05, 0.1) is 16.0 Å². The Balaban J connectivity index is 1.84. The van der Waals surface area contributed by atoms with E-state index in [1.54, 1.807) is 11.3 Å². The van der Waals surface area contributed by atoms with Crippen LogP contribution in [0.4, 0.5) is 5.69 Å². The molecule has 19 heavy (non-hydrogen) atoms. The molecule has 1 aliphatic heterocycles. The van der Waals surface area contributed by atoms with Gasteiger partial charge < -0.3 is 10.0 Å². The van der Waals surface area contributed by atoms with E-state index in [-0.39, 0.29) is 5.75 Å². The first kappa shape index (κ1) is 12.7. The molecule has 0 bridgehead atoms. The molecule has 1 aliphatic rings. The zero-order chi connectivity index (χ0) is 13.2. The highest BCUT2D eigenvalue weighted by Crippen LogP contribution is 2.32. The van der Waals surface area contributed by atoms with Crippen LogP contribution in [-0.4, -0.2) is 34.9 Å². The van der Waals surface area contributed by atoms with E-state index in [0.29, 0.717) is 0 Å². The standard InChI is InChI=1S/C13H14N2O2S2/c16-12(17)8-18-13-14-10-4-3-9(7-11(10)19-13)15-5-1-2-6-15/h3-4,7H,1-2,5-6,8H2,(H,16,17). The molecular weight excluding hydrogens is 280 g/mol. The summed E-state index contributed by atoms with van der Waals surface area (Å²) < 4.78 is 1.97. The summed E-state index contributed by atoms with van der Waals surface area (Å²) >= 11 is 2.86. The van der Waals surface area contributed by atoms with Crippen LogP contribution in [0.3, 0.4) is 0 Å². The molecule has 0 unspecified atom stereocenters. The Bertz CT molecular complexity index is 606. The van der Waals surface area contributed by atoms with Crippen molar-refractivity contribution in [1.29, 1.82) is 0 Å². The van der Waals surface area contributed by atoms with Crippen molar-refractivity contribution in [2.24, 2.45) is 0 Å². The molecule has 0 saturated carbocycles. The van der Waals surface area contributed by atoms with E-state index in [2.05, 4.69) is 22.0 Å². The zero-order valence-corrected chi connectivity index (χ0v) is 12.0. The van der Waals surface area contributed by atoms with E-state index in [1.165, 1.54) is 30.3 Å². The number of aromatic nitrogens is 1. The minimum absolute atomic E-state index is 0.0683. The van der Waals surface area contributed by atoms with Gasteiger partial charge in [0, 0.05) is 18.8 Å². The average Bonchev–Trinajstić information content (AvgIpc) is 3.04. The predicted octanol–water partition coefficient (Wildman–Crippen LogP) is 3.07. The van der Waals surface area contributed by atoms with Crippen molar-refractivity contribution in [3.8, 4) is 0 Å². The molecule has 0 radical (unpaired) electrons. The summed E-state index contributed by atoms with van der Waals surface area (Å²) in [6.45, 7) is 2.26. The van der Waals surface area contributed by atoms with Gasteiger partial charge in [-0.25, -0.2) is 4.98 Å². The number of anilines is 1. The number of thioether (sulfide) groups is 1. The van der Waals surface area contributed by atoms with E-state index in [4.69, 9.17) is 5.11 Å². The number of thiazole rings is 1. The molecule has 2 heterocycles. The Kier molecular flexibility index (Phi) is 3.61. The van der Waals surface area contributed by atoms with Crippen LogP contribution in [0.1, 0.15) is 12.8 Å². The Morgan fingerprint density at radius 1 is 1.42 bits per heavy atom. The van der Waals surface area contributed by atoms with Gasteiger partial charge in [0.2, 0.25) is 0 Å². The van der Waals surface area contributed by atoms with Gasteiger partial charge in [0.1, 0.15) is 0 Å². The second-order valence-electron chi connectivity index (χ2n) is 4.51. The maximum atomic E-state index is 10.6. The van der Waals surface area contributed by atoms with Gasteiger partial charge >= 0.3 is 5.97 Å². The molecular formula is C13H14N2O2S2. The molecule has 3 rings (SSSR count). The fraction of sp³-hybridized carbons (Fsp3) is 0.385. The minimum atomic E-state index is -0.804. The number of rotatable bonds is 4. The lowest BCUT2D eigenvalue weighted by Crippen LogP contribution is -2.17. The number of carbonyl (C=O) groups is 1. The van der Waals surface area contributed by atoms with Crippen molar-refractivity contribution in [1.82, 2.24) is 4.98 Å². The maximum absolute atomic E-state index is 10.6. The highest BCUT2D eigenvalue weighted by molar-refractivity contribution is 8.01. The van der Waals surface area contributed by atoms with Crippen LogP contribution >= 0.6 is 23.1 Å². The first-order valence-corrected chi connectivity index (χ1v) is 8.03. The Labute approximate surface area is 119 Å². The lowest BCUT2D eigenvalue weighted by molar-refractivity contribution is -0.133. The fourth-order valence-corrected chi connectivity index (χ4v) is 4.07. The van der Waals surface area contributed by atoms with Gasteiger partial charge in [-0.2, -0.15) is 0 Å². The number of carboxylic acid groups (broad SMARTS) is 1. The molecule has 0 atom stereocenters. The third-order valence-corrected chi connectivity index (χ3v) is 5.29. The van der Waals surface area contributed by atoms with Crippen LogP contribution in [0.15, 0.2) is 22.5 Å². The van der Waals surface area contributed by atoms with Crippen molar-refractivity contribution in [3.05, 3.63) is 18.2 Å². The van der Waals surface area contributed by atoms with Crippen LogP contribution in [-0.2, 0) is 4.79 Å². The number of nitrogens with zero attached hydrogens (tertiary/aromatic N) is 2. The maximum Gasteiger partial charge on any atom is 0.313 e. The predicted molar refractivity (Wildman–Crippen MR) is 79.4 cm³/mol. The van der Waals surface area contributed by atoms with Crippen LogP contribution < -0.4 is 4.90 Å². The topological polar surface area (TPSA) is 53.4 Å². The third-order valence-electron chi connectivity index (χ3n) is 3.14. The van der Waals surface area contributed by atoms with Gasteiger partial charge in [0.25, 0.3) is 0 Å².